The lowest BCUT2D eigenvalue weighted by Gasteiger charge is -2.21. The van der Waals surface area contributed by atoms with Crippen LogP contribution >= 0.6 is 11.6 Å². The van der Waals surface area contributed by atoms with Crippen molar-refractivity contribution in [3.8, 4) is 11.4 Å². The van der Waals surface area contributed by atoms with Crippen LogP contribution < -0.4 is 10.9 Å². The standard InChI is InChI=1S/C25H19ClF3N3O3/c1-13(30-20-9-8-16(26)12-18(20)24(34)35)17-10-15(25(27,28)29)11-19-21(17)31-22(32(2)23(19)33)14-6-4-3-5-7-14/h3-13,30H,1-2H3,(H,34,35)/t13-/m1/s1. The molecule has 3 aromatic carbocycles. The van der Waals surface area contributed by atoms with E-state index in [-0.39, 0.29) is 38.6 Å². The Kier molecular flexibility index (Phi) is 6.29. The lowest BCUT2D eigenvalue weighted by atomic mass is 9.99. The van der Waals surface area contributed by atoms with Crippen LogP contribution in [0, 0.1) is 0 Å². The fourth-order valence-corrected chi connectivity index (χ4v) is 4.04. The van der Waals surface area contributed by atoms with E-state index in [4.69, 9.17) is 11.6 Å². The molecule has 35 heavy (non-hydrogen) atoms. The molecule has 0 aliphatic carbocycles. The molecule has 2 N–H and O–H groups in total. The van der Waals surface area contributed by atoms with Gasteiger partial charge in [-0.05, 0) is 37.3 Å². The van der Waals surface area contributed by atoms with E-state index in [0.29, 0.717) is 5.56 Å². The van der Waals surface area contributed by atoms with Crippen LogP contribution in [-0.4, -0.2) is 20.6 Å². The summed E-state index contributed by atoms with van der Waals surface area (Å²) in [6, 6.07) is 13.8. The van der Waals surface area contributed by atoms with Gasteiger partial charge in [0.15, 0.2) is 0 Å². The van der Waals surface area contributed by atoms with E-state index in [9.17, 15) is 27.9 Å². The van der Waals surface area contributed by atoms with Crippen molar-refractivity contribution < 1.29 is 23.1 Å². The number of aromatic carboxylic acids is 1. The van der Waals surface area contributed by atoms with Gasteiger partial charge in [-0.1, -0.05) is 41.9 Å². The van der Waals surface area contributed by atoms with Crippen LogP contribution in [0.1, 0.15) is 34.5 Å². The molecule has 10 heteroatoms. The topological polar surface area (TPSA) is 84.2 Å². The molecule has 4 aromatic rings. The summed E-state index contributed by atoms with van der Waals surface area (Å²) in [4.78, 5) is 29.4. The highest BCUT2D eigenvalue weighted by atomic mass is 35.5. The van der Waals surface area contributed by atoms with Crippen molar-refractivity contribution in [3.05, 3.63) is 92.7 Å². The molecule has 0 radical (unpaired) electrons. The van der Waals surface area contributed by atoms with Crippen molar-refractivity contribution in [2.45, 2.75) is 19.1 Å². The second-order valence-corrected chi connectivity index (χ2v) is 8.42. The highest BCUT2D eigenvalue weighted by Crippen LogP contribution is 2.36. The Morgan fingerprint density at radius 1 is 1.11 bits per heavy atom. The van der Waals surface area contributed by atoms with Crippen molar-refractivity contribution in [2.24, 2.45) is 7.05 Å². The highest BCUT2D eigenvalue weighted by Gasteiger charge is 2.33. The Morgan fingerprint density at radius 2 is 1.80 bits per heavy atom. The second-order valence-electron chi connectivity index (χ2n) is 7.99. The summed E-state index contributed by atoms with van der Waals surface area (Å²) in [5.41, 5.74) is -0.824. The number of rotatable bonds is 5. The summed E-state index contributed by atoms with van der Waals surface area (Å²) < 4.78 is 42.4. The van der Waals surface area contributed by atoms with E-state index >= 15 is 0 Å². The molecule has 0 amide bonds. The number of hydrogen-bond acceptors (Lipinski definition) is 4. The molecule has 0 fully saturated rings. The zero-order valence-corrected chi connectivity index (χ0v) is 19.3. The Morgan fingerprint density at radius 3 is 2.43 bits per heavy atom. The van der Waals surface area contributed by atoms with Gasteiger partial charge in [-0.25, -0.2) is 9.78 Å². The number of hydrogen-bond donors (Lipinski definition) is 2. The fraction of sp³-hybridized carbons (Fsp3) is 0.160. The van der Waals surface area contributed by atoms with E-state index in [1.807, 2.05) is 0 Å². The number of benzene rings is 3. The zero-order chi connectivity index (χ0) is 25.5. The van der Waals surface area contributed by atoms with Crippen molar-refractivity contribution >= 4 is 34.2 Å². The molecule has 4 rings (SSSR count). The molecule has 1 aromatic heterocycles. The molecule has 0 spiro atoms. The lowest BCUT2D eigenvalue weighted by Crippen LogP contribution is -2.23. The first-order valence-corrected chi connectivity index (χ1v) is 10.8. The van der Waals surface area contributed by atoms with Crippen molar-refractivity contribution in [1.29, 1.82) is 0 Å². The number of nitrogens with one attached hydrogen (secondary N) is 1. The lowest BCUT2D eigenvalue weighted by molar-refractivity contribution is -0.137. The zero-order valence-electron chi connectivity index (χ0n) is 18.5. The number of alkyl halides is 3. The van der Waals surface area contributed by atoms with Gasteiger partial charge in [0.1, 0.15) is 5.82 Å². The predicted molar refractivity (Wildman–Crippen MR) is 128 cm³/mol. The average Bonchev–Trinajstić information content (AvgIpc) is 2.81. The summed E-state index contributed by atoms with van der Waals surface area (Å²) in [6.07, 6.45) is -4.71. The summed E-state index contributed by atoms with van der Waals surface area (Å²) in [6.45, 7) is 1.57. The van der Waals surface area contributed by atoms with Gasteiger partial charge in [0.25, 0.3) is 5.56 Å². The third-order valence-electron chi connectivity index (χ3n) is 5.62. The van der Waals surface area contributed by atoms with Crippen LogP contribution in [0.4, 0.5) is 18.9 Å². The molecule has 0 saturated heterocycles. The van der Waals surface area contributed by atoms with Crippen molar-refractivity contribution in [3.63, 3.8) is 0 Å². The number of carbonyl (C=O) groups is 1. The number of carboxylic acids is 1. The molecule has 1 heterocycles. The quantitative estimate of drug-likeness (QED) is 0.343. The summed E-state index contributed by atoms with van der Waals surface area (Å²) in [5, 5.41) is 12.5. The van der Waals surface area contributed by atoms with Crippen LogP contribution in [0.2, 0.25) is 5.02 Å². The van der Waals surface area contributed by atoms with Crippen LogP contribution in [0.25, 0.3) is 22.3 Å². The van der Waals surface area contributed by atoms with Gasteiger partial charge >= 0.3 is 12.1 Å². The number of nitrogens with zero attached hydrogens (tertiary/aromatic N) is 2. The average molecular weight is 502 g/mol. The van der Waals surface area contributed by atoms with Gasteiger partial charge in [-0.3, -0.25) is 9.36 Å². The third-order valence-corrected chi connectivity index (χ3v) is 5.85. The molecule has 0 bridgehead atoms. The molecular weight excluding hydrogens is 483 g/mol. The van der Waals surface area contributed by atoms with Crippen molar-refractivity contribution in [2.75, 3.05) is 5.32 Å². The minimum atomic E-state index is -4.71. The van der Waals surface area contributed by atoms with Gasteiger partial charge in [-0.2, -0.15) is 13.2 Å². The van der Waals surface area contributed by atoms with Crippen LogP contribution in [-0.2, 0) is 13.2 Å². The first-order chi connectivity index (χ1) is 16.5. The largest absolute Gasteiger partial charge is 0.478 e. The van der Waals surface area contributed by atoms with Gasteiger partial charge in [-0.15, -0.1) is 0 Å². The number of aromatic nitrogens is 2. The maximum atomic E-state index is 13.7. The predicted octanol–water partition coefficient (Wildman–Crippen LogP) is 6.14. The molecule has 0 unspecified atom stereocenters. The van der Waals surface area contributed by atoms with E-state index in [2.05, 4.69) is 10.3 Å². The molecule has 1 atom stereocenters. The molecule has 0 aliphatic heterocycles. The van der Waals surface area contributed by atoms with Gasteiger partial charge < -0.3 is 10.4 Å². The first-order valence-electron chi connectivity index (χ1n) is 10.4. The Bertz CT molecular complexity index is 1500. The molecular formula is C25H19ClF3N3O3. The number of halogens is 4. The Balaban J connectivity index is 1.96. The maximum absolute atomic E-state index is 13.7. The third kappa shape index (κ3) is 4.72. The molecule has 180 valence electrons. The highest BCUT2D eigenvalue weighted by molar-refractivity contribution is 6.31. The SMILES string of the molecule is C[C@@H](Nc1ccc(Cl)cc1C(=O)O)c1cc(C(F)(F)F)cc2c(=O)n(C)c(-c3ccccc3)nc12. The summed E-state index contributed by atoms with van der Waals surface area (Å²) in [5.74, 6) is -0.969. The minimum Gasteiger partial charge on any atom is -0.478 e. The van der Waals surface area contributed by atoms with Crippen LogP contribution in [0.5, 0.6) is 0 Å². The number of anilines is 1. The van der Waals surface area contributed by atoms with E-state index in [1.54, 1.807) is 37.3 Å². The molecule has 6 nitrogen and oxygen atoms in total. The normalized spacial score (nSPS) is 12.5. The monoisotopic (exact) mass is 501 g/mol. The summed E-state index contributed by atoms with van der Waals surface area (Å²) in [7, 11) is 1.45. The van der Waals surface area contributed by atoms with Crippen molar-refractivity contribution in [1.82, 2.24) is 9.55 Å². The van der Waals surface area contributed by atoms with E-state index in [0.717, 1.165) is 12.1 Å². The van der Waals surface area contributed by atoms with Crippen LogP contribution in [0.15, 0.2) is 65.5 Å². The van der Waals surface area contributed by atoms with E-state index in [1.165, 1.54) is 29.8 Å². The molecule has 0 aliphatic rings. The first kappa shape index (κ1) is 24.3. The Hall–Kier alpha value is -3.85. The number of carboxylic acid groups (broad SMARTS) is 1. The number of fused-ring (bicyclic) bond motifs is 1. The molecule has 0 saturated carbocycles. The van der Waals surface area contributed by atoms with Gasteiger partial charge in [0.05, 0.1) is 28.1 Å². The van der Waals surface area contributed by atoms with Gasteiger partial charge in [0, 0.05) is 28.9 Å². The van der Waals surface area contributed by atoms with E-state index < -0.39 is 29.3 Å². The second kappa shape index (κ2) is 9.07. The minimum absolute atomic E-state index is 0.0887. The Labute approximate surface area is 202 Å². The maximum Gasteiger partial charge on any atom is 0.416 e. The fourth-order valence-electron chi connectivity index (χ4n) is 3.87. The smallest absolute Gasteiger partial charge is 0.416 e. The van der Waals surface area contributed by atoms with Gasteiger partial charge in [0.2, 0.25) is 0 Å². The van der Waals surface area contributed by atoms with Crippen LogP contribution in [0.3, 0.4) is 0 Å². The summed E-state index contributed by atoms with van der Waals surface area (Å²) >= 11 is 5.91.